The van der Waals surface area contributed by atoms with E-state index in [1.165, 1.54) is 4.90 Å². The van der Waals surface area contributed by atoms with Gasteiger partial charge in [-0.05, 0) is 25.1 Å². The van der Waals surface area contributed by atoms with Crippen LogP contribution in [0.2, 0.25) is 0 Å². The van der Waals surface area contributed by atoms with E-state index >= 15 is 0 Å². The monoisotopic (exact) mass is 285 g/mol. The fourth-order valence-electron chi connectivity index (χ4n) is 1.68. The van der Waals surface area contributed by atoms with E-state index in [1.54, 1.807) is 6.92 Å². The lowest BCUT2D eigenvalue weighted by Crippen LogP contribution is -2.32. The highest BCUT2D eigenvalue weighted by atomic mass is 19.4. The molecule has 0 saturated heterocycles. The highest BCUT2D eigenvalue weighted by Crippen LogP contribution is 2.31. The second-order valence-corrected chi connectivity index (χ2v) is 4.09. The first-order valence-electron chi connectivity index (χ1n) is 5.94. The maximum Gasteiger partial charge on any atom is 0.416 e. The summed E-state index contributed by atoms with van der Waals surface area (Å²) in [5.74, 6) is -0.605. The van der Waals surface area contributed by atoms with E-state index < -0.39 is 17.6 Å². The SMILES string of the molecule is CCN(CCC#N)C(=O)c1cc(C(F)(F)F)ccc1N. The summed E-state index contributed by atoms with van der Waals surface area (Å²) in [6.45, 7) is 2.12. The molecule has 0 atom stereocenters. The number of nitrogens with two attached hydrogens (primary N) is 1. The van der Waals surface area contributed by atoms with Gasteiger partial charge in [0.25, 0.3) is 5.91 Å². The second kappa shape index (κ2) is 6.28. The topological polar surface area (TPSA) is 70.1 Å². The fourth-order valence-corrected chi connectivity index (χ4v) is 1.68. The number of nitriles is 1. The Morgan fingerprint density at radius 1 is 1.45 bits per heavy atom. The Balaban J connectivity index is 3.11. The molecule has 0 heterocycles. The Morgan fingerprint density at radius 3 is 2.60 bits per heavy atom. The number of benzene rings is 1. The molecule has 1 rings (SSSR count). The Morgan fingerprint density at radius 2 is 2.10 bits per heavy atom. The zero-order valence-corrected chi connectivity index (χ0v) is 10.9. The zero-order chi connectivity index (χ0) is 15.3. The molecule has 20 heavy (non-hydrogen) atoms. The molecular weight excluding hydrogens is 271 g/mol. The number of hydrogen-bond acceptors (Lipinski definition) is 3. The largest absolute Gasteiger partial charge is 0.416 e. The third-order valence-corrected chi connectivity index (χ3v) is 2.77. The summed E-state index contributed by atoms with van der Waals surface area (Å²) in [5.41, 5.74) is 4.44. The zero-order valence-electron chi connectivity index (χ0n) is 10.9. The summed E-state index contributed by atoms with van der Waals surface area (Å²) in [5, 5.41) is 8.51. The number of hydrogen-bond donors (Lipinski definition) is 1. The Labute approximate surface area is 114 Å². The first kappa shape index (κ1) is 15.8. The Hall–Kier alpha value is -2.23. The normalized spacial score (nSPS) is 10.9. The number of carbonyl (C=O) groups excluding carboxylic acids is 1. The van der Waals surface area contributed by atoms with Crippen LogP contribution in [-0.4, -0.2) is 23.9 Å². The van der Waals surface area contributed by atoms with Crippen LogP contribution in [0.25, 0.3) is 0 Å². The van der Waals surface area contributed by atoms with Gasteiger partial charge in [-0.2, -0.15) is 18.4 Å². The molecule has 2 N–H and O–H groups in total. The van der Waals surface area contributed by atoms with E-state index in [0.29, 0.717) is 0 Å². The molecule has 1 amide bonds. The fraction of sp³-hybridized carbons (Fsp3) is 0.385. The second-order valence-electron chi connectivity index (χ2n) is 4.09. The van der Waals surface area contributed by atoms with Gasteiger partial charge in [-0.25, -0.2) is 0 Å². The number of carbonyl (C=O) groups is 1. The van der Waals surface area contributed by atoms with Crippen molar-refractivity contribution in [1.29, 1.82) is 5.26 Å². The van der Waals surface area contributed by atoms with Gasteiger partial charge in [-0.15, -0.1) is 0 Å². The third kappa shape index (κ3) is 3.63. The van der Waals surface area contributed by atoms with E-state index in [1.807, 2.05) is 6.07 Å². The quantitative estimate of drug-likeness (QED) is 0.864. The van der Waals surface area contributed by atoms with Crippen LogP contribution in [0.5, 0.6) is 0 Å². The minimum absolute atomic E-state index is 0.0154. The highest BCUT2D eigenvalue weighted by molar-refractivity contribution is 5.99. The molecule has 1 aromatic carbocycles. The third-order valence-electron chi connectivity index (χ3n) is 2.77. The summed E-state index contributed by atoms with van der Waals surface area (Å²) < 4.78 is 37.9. The van der Waals surface area contributed by atoms with E-state index in [0.717, 1.165) is 18.2 Å². The smallest absolute Gasteiger partial charge is 0.398 e. The molecule has 0 aliphatic rings. The molecular formula is C13H14F3N3O. The van der Waals surface area contributed by atoms with Crippen LogP contribution >= 0.6 is 0 Å². The van der Waals surface area contributed by atoms with E-state index in [4.69, 9.17) is 11.0 Å². The summed E-state index contributed by atoms with van der Waals surface area (Å²) in [7, 11) is 0. The summed E-state index contributed by atoms with van der Waals surface area (Å²) >= 11 is 0. The molecule has 0 fully saturated rings. The van der Waals surface area contributed by atoms with Crippen molar-refractivity contribution in [3.8, 4) is 6.07 Å². The number of halogens is 3. The van der Waals surface area contributed by atoms with Gasteiger partial charge in [0.05, 0.1) is 23.6 Å². The number of rotatable bonds is 4. The summed E-state index contributed by atoms with van der Waals surface area (Å²) in [6, 6.07) is 4.52. The molecule has 0 aliphatic carbocycles. The molecule has 0 aliphatic heterocycles. The van der Waals surface area contributed by atoms with Crippen molar-refractivity contribution in [3.63, 3.8) is 0 Å². The van der Waals surface area contributed by atoms with Crippen LogP contribution in [0.3, 0.4) is 0 Å². The minimum Gasteiger partial charge on any atom is -0.398 e. The van der Waals surface area contributed by atoms with Crippen LogP contribution in [-0.2, 0) is 6.18 Å². The number of alkyl halides is 3. The van der Waals surface area contributed by atoms with Crippen molar-refractivity contribution >= 4 is 11.6 Å². The van der Waals surface area contributed by atoms with Gasteiger partial charge in [0.1, 0.15) is 0 Å². The standard InChI is InChI=1S/C13H14F3N3O/c1-2-19(7-3-6-17)12(20)10-8-9(13(14,15)16)4-5-11(10)18/h4-5,8H,2-3,7,18H2,1H3. The number of nitrogens with zero attached hydrogens (tertiary/aromatic N) is 2. The number of anilines is 1. The van der Waals surface area contributed by atoms with Crippen LogP contribution < -0.4 is 5.73 Å². The van der Waals surface area contributed by atoms with Gasteiger partial charge in [0, 0.05) is 18.8 Å². The lowest BCUT2D eigenvalue weighted by atomic mass is 10.1. The van der Waals surface area contributed by atoms with Crippen LogP contribution in [0.15, 0.2) is 18.2 Å². The molecule has 108 valence electrons. The van der Waals surface area contributed by atoms with Crippen molar-refractivity contribution in [2.45, 2.75) is 19.5 Å². The van der Waals surface area contributed by atoms with Gasteiger partial charge in [0.2, 0.25) is 0 Å². The van der Waals surface area contributed by atoms with Crippen molar-refractivity contribution in [2.75, 3.05) is 18.8 Å². The predicted molar refractivity (Wildman–Crippen MR) is 67.7 cm³/mol. The van der Waals surface area contributed by atoms with Crippen LogP contribution in [0.4, 0.5) is 18.9 Å². The molecule has 0 radical (unpaired) electrons. The maximum atomic E-state index is 12.6. The molecule has 7 heteroatoms. The summed E-state index contributed by atoms with van der Waals surface area (Å²) in [4.78, 5) is 13.4. The minimum atomic E-state index is -4.54. The number of nitrogen functional groups attached to an aromatic ring is 1. The lowest BCUT2D eigenvalue weighted by Gasteiger charge is -2.21. The summed E-state index contributed by atoms with van der Waals surface area (Å²) in [6.07, 6.45) is -4.43. The lowest BCUT2D eigenvalue weighted by molar-refractivity contribution is -0.137. The predicted octanol–water partition coefficient (Wildman–Crippen LogP) is 2.66. The molecule has 0 bridgehead atoms. The van der Waals surface area contributed by atoms with Crippen molar-refractivity contribution in [3.05, 3.63) is 29.3 Å². The average molecular weight is 285 g/mol. The molecule has 0 spiro atoms. The van der Waals surface area contributed by atoms with Crippen molar-refractivity contribution in [1.82, 2.24) is 4.90 Å². The molecule has 0 aromatic heterocycles. The van der Waals surface area contributed by atoms with Crippen molar-refractivity contribution < 1.29 is 18.0 Å². The highest BCUT2D eigenvalue weighted by Gasteiger charge is 2.32. The Bertz CT molecular complexity index is 535. The molecule has 1 aromatic rings. The van der Waals surface area contributed by atoms with Gasteiger partial charge in [0.15, 0.2) is 0 Å². The van der Waals surface area contributed by atoms with Gasteiger partial charge in [-0.1, -0.05) is 0 Å². The van der Waals surface area contributed by atoms with Gasteiger partial charge < -0.3 is 10.6 Å². The van der Waals surface area contributed by atoms with E-state index in [9.17, 15) is 18.0 Å². The van der Waals surface area contributed by atoms with Gasteiger partial charge in [-0.3, -0.25) is 4.79 Å². The molecule has 0 unspecified atom stereocenters. The van der Waals surface area contributed by atoms with Crippen LogP contribution in [0.1, 0.15) is 29.3 Å². The maximum absolute atomic E-state index is 12.6. The first-order chi connectivity index (χ1) is 9.31. The van der Waals surface area contributed by atoms with E-state index in [2.05, 4.69) is 0 Å². The number of amides is 1. The molecule has 4 nitrogen and oxygen atoms in total. The first-order valence-corrected chi connectivity index (χ1v) is 5.94. The molecule has 0 saturated carbocycles. The van der Waals surface area contributed by atoms with Gasteiger partial charge >= 0.3 is 6.18 Å². The van der Waals surface area contributed by atoms with Crippen molar-refractivity contribution in [2.24, 2.45) is 0 Å². The van der Waals surface area contributed by atoms with E-state index in [-0.39, 0.29) is 30.8 Å². The Kier molecular flexibility index (Phi) is 4.97. The average Bonchev–Trinajstić information content (AvgIpc) is 2.38. The van der Waals surface area contributed by atoms with Crippen LogP contribution in [0, 0.1) is 11.3 Å².